The molecule has 0 aliphatic carbocycles. The molecule has 5 heteroatoms. The van der Waals surface area contributed by atoms with Crippen molar-refractivity contribution in [1.82, 2.24) is 4.98 Å². The number of nitrogens with one attached hydrogen (secondary N) is 1. The first-order chi connectivity index (χ1) is 7.74. The molecule has 0 spiro atoms. The zero-order chi connectivity index (χ0) is 11.4. The minimum Gasteiger partial charge on any atom is -0.253 e. The van der Waals surface area contributed by atoms with Crippen LogP contribution in [-0.2, 0) is 0 Å². The van der Waals surface area contributed by atoms with Gasteiger partial charge < -0.3 is 0 Å². The molecular formula is C11H10BrN3S. The van der Waals surface area contributed by atoms with Crippen LogP contribution in [0.4, 0.5) is 5.13 Å². The number of aryl methyl sites for hydroxylation is 1. The van der Waals surface area contributed by atoms with Crippen molar-refractivity contribution in [2.75, 3.05) is 5.43 Å². The number of halogens is 1. The van der Waals surface area contributed by atoms with Crippen LogP contribution in [0.2, 0.25) is 0 Å². The van der Waals surface area contributed by atoms with E-state index in [1.165, 1.54) is 0 Å². The van der Waals surface area contributed by atoms with Crippen molar-refractivity contribution < 1.29 is 0 Å². The lowest BCUT2D eigenvalue weighted by Crippen LogP contribution is -1.89. The standard InChI is InChI=1S/C11H10BrN3S/c1-8-7-16-11(14-8)15-13-6-9-3-2-4-10(12)5-9/h2-7H,1H3,(H,14,15). The average molecular weight is 296 g/mol. The predicted octanol–water partition coefficient (Wildman–Crippen LogP) is 3.66. The number of hydrazone groups is 1. The average Bonchev–Trinajstić information content (AvgIpc) is 2.64. The normalized spacial score (nSPS) is 10.9. The Balaban J connectivity index is 2.00. The molecule has 2 rings (SSSR count). The van der Waals surface area contributed by atoms with E-state index in [9.17, 15) is 0 Å². The molecule has 3 nitrogen and oxygen atoms in total. The van der Waals surface area contributed by atoms with Crippen LogP contribution in [-0.4, -0.2) is 11.2 Å². The fourth-order valence-electron chi connectivity index (χ4n) is 1.15. The number of aromatic nitrogens is 1. The molecule has 2 aromatic rings. The van der Waals surface area contributed by atoms with Crippen LogP contribution in [0.5, 0.6) is 0 Å². The van der Waals surface area contributed by atoms with Crippen LogP contribution >= 0.6 is 27.3 Å². The maximum atomic E-state index is 4.24. The molecule has 0 saturated carbocycles. The number of thiazole rings is 1. The summed E-state index contributed by atoms with van der Waals surface area (Å²) in [6.07, 6.45) is 1.77. The maximum absolute atomic E-state index is 4.24. The lowest BCUT2D eigenvalue weighted by Gasteiger charge is -1.95. The summed E-state index contributed by atoms with van der Waals surface area (Å²) in [5.74, 6) is 0. The topological polar surface area (TPSA) is 37.3 Å². The van der Waals surface area contributed by atoms with E-state index in [0.717, 1.165) is 20.9 Å². The molecule has 82 valence electrons. The van der Waals surface area contributed by atoms with Gasteiger partial charge in [0, 0.05) is 9.85 Å². The van der Waals surface area contributed by atoms with Gasteiger partial charge in [0.25, 0.3) is 0 Å². The van der Waals surface area contributed by atoms with Crippen LogP contribution in [0.15, 0.2) is 39.2 Å². The van der Waals surface area contributed by atoms with E-state index < -0.39 is 0 Å². The Morgan fingerprint density at radius 1 is 1.50 bits per heavy atom. The van der Waals surface area contributed by atoms with E-state index in [1.54, 1.807) is 17.6 Å². The summed E-state index contributed by atoms with van der Waals surface area (Å²) >= 11 is 4.95. The highest BCUT2D eigenvalue weighted by atomic mass is 79.9. The Bertz CT molecular complexity index is 507. The van der Waals surface area contributed by atoms with Gasteiger partial charge in [-0.1, -0.05) is 28.1 Å². The first kappa shape index (κ1) is 11.3. The van der Waals surface area contributed by atoms with Gasteiger partial charge in [0.1, 0.15) is 0 Å². The van der Waals surface area contributed by atoms with Gasteiger partial charge in [-0.15, -0.1) is 11.3 Å². The first-order valence-electron chi connectivity index (χ1n) is 4.71. The van der Waals surface area contributed by atoms with Gasteiger partial charge in [-0.3, -0.25) is 5.43 Å². The third-order valence-corrected chi connectivity index (χ3v) is 3.20. The fraction of sp³-hybridized carbons (Fsp3) is 0.0909. The molecule has 16 heavy (non-hydrogen) atoms. The molecule has 0 atom stereocenters. The van der Waals surface area contributed by atoms with Gasteiger partial charge in [-0.25, -0.2) is 4.98 Å². The maximum Gasteiger partial charge on any atom is 0.203 e. The quantitative estimate of drug-likeness (QED) is 0.693. The van der Waals surface area contributed by atoms with Gasteiger partial charge in [0.15, 0.2) is 0 Å². The first-order valence-corrected chi connectivity index (χ1v) is 6.38. The fourth-order valence-corrected chi connectivity index (χ4v) is 2.21. The van der Waals surface area contributed by atoms with Crippen molar-refractivity contribution in [2.45, 2.75) is 6.92 Å². The van der Waals surface area contributed by atoms with E-state index in [1.807, 2.05) is 36.6 Å². The molecule has 1 N–H and O–H groups in total. The highest BCUT2D eigenvalue weighted by molar-refractivity contribution is 9.10. The zero-order valence-electron chi connectivity index (χ0n) is 8.64. The summed E-state index contributed by atoms with van der Waals surface area (Å²) in [5.41, 5.74) is 4.94. The number of benzene rings is 1. The molecule has 1 aromatic heterocycles. The second kappa shape index (κ2) is 5.23. The Hall–Kier alpha value is -1.20. The summed E-state index contributed by atoms with van der Waals surface area (Å²) in [6, 6.07) is 7.94. The van der Waals surface area contributed by atoms with Crippen LogP contribution < -0.4 is 5.43 Å². The van der Waals surface area contributed by atoms with Crippen molar-refractivity contribution in [3.63, 3.8) is 0 Å². The smallest absolute Gasteiger partial charge is 0.203 e. The molecule has 0 fully saturated rings. The van der Waals surface area contributed by atoms with Gasteiger partial charge in [-0.05, 0) is 24.6 Å². The lowest BCUT2D eigenvalue weighted by molar-refractivity contribution is 1.22. The Labute approximate surface area is 106 Å². The summed E-state index contributed by atoms with van der Waals surface area (Å²) < 4.78 is 1.04. The minimum absolute atomic E-state index is 0.809. The van der Waals surface area contributed by atoms with Gasteiger partial charge in [-0.2, -0.15) is 5.10 Å². The van der Waals surface area contributed by atoms with Gasteiger partial charge in [0.05, 0.1) is 11.9 Å². The zero-order valence-corrected chi connectivity index (χ0v) is 11.0. The van der Waals surface area contributed by atoms with E-state index in [0.29, 0.717) is 0 Å². The number of nitrogens with zero attached hydrogens (tertiary/aromatic N) is 2. The van der Waals surface area contributed by atoms with E-state index in [2.05, 4.69) is 31.4 Å². The number of rotatable bonds is 3. The van der Waals surface area contributed by atoms with Gasteiger partial charge in [0.2, 0.25) is 5.13 Å². The van der Waals surface area contributed by atoms with Crippen molar-refractivity contribution in [1.29, 1.82) is 0 Å². The molecule has 0 aliphatic heterocycles. The molecule has 1 heterocycles. The molecular weight excluding hydrogens is 286 g/mol. The third kappa shape index (κ3) is 3.15. The summed E-state index contributed by atoms with van der Waals surface area (Å²) in [4.78, 5) is 4.24. The van der Waals surface area contributed by atoms with Crippen molar-refractivity contribution in [3.05, 3.63) is 45.4 Å². The lowest BCUT2D eigenvalue weighted by atomic mass is 10.2. The molecule has 0 amide bonds. The Morgan fingerprint density at radius 3 is 3.06 bits per heavy atom. The number of anilines is 1. The van der Waals surface area contributed by atoms with Crippen LogP contribution in [0.1, 0.15) is 11.3 Å². The largest absolute Gasteiger partial charge is 0.253 e. The molecule has 0 saturated heterocycles. The van der Waals surface area contributed by atoms with Crippen molar-refractivity contribution in [3.8, 4) is 0 Å². The van der Waals surface area contributed by atoms with E-state index >= 15 is 0 Å². The highest BCUT2D eigenvalue weighted by Crippen LogP contribution is 2.14. The summed E-state index contributed by atoms with van der Waals surface area (Å²) in [6.45, 7) is 1.96. The Morgan fingerprint density at radius 2 is 2.38 bits per heavy atom. The van der Waals surface area contributed by atoms with Crippen LogP contribution in [0.25, 0.3) is 0 Å². The second-order valence-electron chi connectivity index (χ2n) is 3.22. The monoisotopic (exact) mass is 295 g/mol. The number of hydrogen-bond acceptors (Lipinski definition) is 4. The molecule has 0 radical (unpaired) electrons. The molecule has 0 unspecified atom stereocenters. The number of hydrogen-bond donors (Lipinski definition) is 1. The second-order valence-corrected chi connectivity index (χ2v) is 4.99. The molecule has 0 bridgehead atoms. The van der Waals surface area contributed by atoms with Crippen molar-refractivity contribution in [2.24, 2.45) is 5.10 Å². The third-order valence-electron chi connectivity index (χ3n) is 1.84. The minimum atomic E-state index is 0.809. The van der Waals surface area contributed by atoms with Crippen molar-refractivity contribution >= 4 is 38.6 Å². The summed E-state index contributed by atoms with van der Waals surface area (Å²) in [7, 11) is 0. The molecule has 0 aliphatic rings. The van der Waals surface area contributed by atoms with Crippen LogP contribution in [0, 0.1) is 6.92 Å². The molecule has 1 aromatic carbocycles. The van der Waals surface area contributed by atoms with Gasteiger partial charge >= 0.3 is 0 Å². The SMILES string of the molecule is Cc1csc(NN=Cc2cccc(Br)c2)n1. The summed E-state index contributed by atoms with van der Waals surface area (Å²) in [5, 5.41) is 6.91. The Kier molecular flexibility index (Phi) is 3.69. The van der Waals surface area contributed by atoms with E-state index in [-0.39, 0.29) is 0 Å². The van der Waals surface area contributed by atoms with Crippen LogP contribution in [0.3, 0.4) is 0 Å². The highest BCUT2D eigenvalue weighted by Gasteiger charge is 1.94. The van der Waals surface area contributed by atoms with E-state index in [4.69, 9.17) is 0 Å². The predicted molar refractivity (Wildman–Crippen MR) is 72.2 cm³/mol.